The largest absolute Gasteiger partial charge is 0.496 e. The van der Waals surface area contributed by atoms with E-state index in [9.17, 15) is 9.90 Å². The number of aliphatic hydroxyl groups excluding tert-OH is 2. The van der Waals surface area contributed by atoms with Crippen LogP contribution in [-0.2, 0) is 12.0 Å². The number of aromatic nitrogens is 1. The lowest BCUT2D eigenvalue weighted by Crippen LogP contribution is -2.50. The summed E-state index contributed by atoms with van der Waals surface area (Å²) in [4.78, 5) is 15.2. The Hall–Kier alpha value is -3.29. The monoisotopic (exact) mass is 462 g/mol. The molecule has 34 heavy (non-hydrogen) atoms. The molecule has 5 rings (SSSR count). The van der Waals surface area contributed by atoms with E-state index in [1.807, 2.05) is 41.3 Å². The first-order valence-electron chi connectivity index (χ1n) is 11.8. The molecule has 0 aliphatic carbocycles. The Morgan fingerprint density at radius 1 is 1.15 bits per heavy atom. The highest BCUT2D eigenvalue weighted by atomic mass is 16.5. The second kappa shape index (κ2) is 9.16. The standard InChI is InChI=1S/C27H30N2O5/c1-33-24-17-20(9-8-19(24)10-11-21(31)18-30)26(32)28-15-12-27(13-16-28)25-7-4-14-29(25)22-5-2-3-6-23(22)34-27/h2-9,14,17,21,30-31H,10-13,15-16,18H2,1H3/t21-/m0/s1. The van der Waals surface area contributed by atoms with Gasteiger partial charge in [0.25, 0.3) is 5.91 Å². The fourth-order valence-corrected chi connectivity index (χ4v) is 5.08. The van der Waals surface area contributed by atoms with Gasteiger partial charge in [-0.3, -0.25) is 4.79 Å². The molecule has 0 bridgehead atoms. The number of carbonyl (C=O) groups is 1. The summed E-state index contributed by atoms with van der Waals surface area (Å²) in [5.74, 6) is 1.47. The summed E-state index contributed by atoms with van der Waals surface area (Å²) < 4.78 is 14.3. The molecule has 2 aliphatic heterocycles. The number of nitrogens with zero attached hydrogens (tertiary/aromatic N) is 2. The highest BCUT2D eigenvalue weighted by Gasteiger charge is 2.44. The molecule has 0 saturated carbocycles. The van der Waals surface area contributed by atoms with Crippen LogP contribution < -0.4 is 9.47 Å². The lowest BCUT2D eigenvalue weighted by atomic mass is 9.86. The van der Waals surface area contributed by atoms with Gasteiger partial charge in [-0.15, -0.1) is 0 Å². The van der Waals surface area contributed by atoms with Crippen LogP contribution in [0.3, 0.4) is 0 Å². The molecule has 2 aliphatic rings. The molecular formula is C27H30N2O5. The molecule has 0 radical (unpaired) electrons. The third-order valence-corrected chi connectivity index (χ3v) is 7.00. The summed E-state index contributed by atoms with van der Waals surface area (Å²) in [5.41, 5.74) is 3.22. The molecule has 3 heterocycles. The van der Waals surface area contributed by atoms with Gasteiger partial charge in [0.2, 0.25) is 0 Å². The number of hydrogen-bond acceptors (Lipinski definition) is 5. The number of carbonyl (C=O) groups excluding carboxylic acids is 1. The van der Waals surface area contributed by atoms with Gasteiger partial charge in [-0.25, -0.2) is 0 Å². The molecule has 1 spiro atoms. The second-order valence-corrected chi connectivity index (χ2v) is 9.02. The third-order valence-electron chi connectivity index (χ3n) is 7.00. The van der Waals surface area contributed by atoms with Crippen molar-refractivity contribution < 1.29 is 24.5 Å². The average molecular weight is 463 g/mol. The molecule has 0 unspecified atom stereocenters. The molecule has 1 atom stereocenters. The van der Waals surface area contributed by atoms with Crippen molar-refractivity contribution in [3.8, 4) is 17.2 Å². The van der Waals surface area contributed by atoms with Gasteiger partial charge in [-0.2, -0.15) is 0 Å². The van der Waals surface area contributed by atoms with E-state index in [4.69, 9.17) is 14.6 Å². The van der Waals surface area contributed by atoms with E-state index in [-0.39, 0.29) is 12.5 Å². The first kappa shape index (κ1) is 22.5. The minimum absolute atomic E-state index is 0.0262. The maximum atomic E-state index is 13.3. The molecule has 178 valence electrons. The van der Waals surface area contributed by atoms with Crippen molar-refractivity contribution in [3.05, 3.63) is 77.6 Å². The van der Waals surface area contributed by atoms with Crippen LogP contribution in [0.5, 0.6) is 11.5 Å². The lowest BCUT2D eigenvalue weighted by molar-refractivity contribution is -0.00931. The van der Waals surface area contributed by atoms with Crippen LogP contribution in [0.4, 0.5) is 0 Å². The molecule has 1 fully saturated rings. The van der Waals surface area contributed by atoms with Crippen LogP contribution in [0.25, 0.3) is 5.69 Å². The molecule has 7 nitrogen and oxygen atoms in total. The molecule has 1 aromatic heterocycles. The van der Waals surface area contributed by atoms with E-state index in [0.717, 1.165) is 22.7 Å². The van der Waals surface area contributed by atoms with Gasteiger partial charge in [-0.05, 0) is 54.8 Å². The van der Waals surface area contributed by atoms with E-state index < -0.39 is 11.7 Å². The zero-order valence-corrected chi connectivity index (χ0v) is 19.3. The van der Waals surface area contributed by atoms with Crippen molar-refractivity contribution in [2.45, 2.75) is 37.4 Å². The number of fused-ring (bicyclic) bond motifs is 4. The lowest BCUT2D eigenvalue weighted by Gasteiger charge is -2.45. The van der Waals surface area contributed by atoms with Crippen molar-refractivity contribution in [3.63, 3.8) is 0 Å². The van der Waals surface area contributed by atoms with Crippen molar-refractivity contribution >= 4 is 5.91 Å². The molecule has 7 heteroatoms. The summed E-state index contributed by atoms with van der Waals surface area (Å²) >= 11 is 0. The predicted molar refractivity (Wildman–Crippen MR) is 128 cm³/mol. The third kappa shape index (κ3) is 3.95. The summed E-state index contributed by atoms with van der Waals surface area (Å²) in [6.07, 6.45) is 3.73. The fourth-order valence-electron chi connectivity index (χ4n) is 5.08. The highest BCUT2D eigenvalue weighted by molar-refractivity contribution is 5.94. The zero-order chi connectivity index (χ0) is 23.7. The van der Waals surface area contributed by atoms with E-state index in [1.54, 1.807) is 13.2 Å². The summed E-state index contributed by atoms with van der Waals surface area (Å²) in [5, 5.41) is 18.7. The van der Waals surface area contributed by atoms with E-state index in [1.165, 1.54) is 0 Å². The molecule has 1 saturated heterocycles. The predicted octanol–water partition coefficient (Wildman–Crippen LogP) is 3.30. The Kier molecular flexibility index (Phi) is 6.06. The van der Waals surface area contributed by atoms with Crippen molar-refractivity contribution in [2.75, 3.05) is 26.8 Å². The van der Waals surface area contributed by atoms with Crippen LogP contribution in [0.15, 0.2) is 60.8 Å². The number of aryl methyl sites for hydroxylation is 1. The molecular weight excluding hydrogens is 432 g/mol. The quantitative estimate of drug-likeness (QED) is 0.587. The number of benzene rings is 2. The summed E-state index contributed by atoms with van der Waals surface area (Å²) in [7, 11) is 1.58. The van der Waals surface area contributed by atoms with Gasteiger partial charge in [-0.1, -0.05) is 18.2 Å². The SMILES string of the molecule is COc1cc(C(=O)N2CCC3(CC2)Oc2ccccc2-n2cccc23)ccc1CC[C@H](O)CO. The Labute approximate surface area is 199 Å². The molecule has 3 aromatic rings. The number of likely N-dealkylation sites (tertiary alicyclic amines) is 1. The number of ether oxygens (including phenoxy) is 2. The van der Waals surface area contributed by atoms with Crippen molar-refractivity contribution in [1.82, 2.24) is 9.47 Å². The first-order chi connectivity index (χ1) is 16.5. The van der Waals surface area contributed by atoms with Crippen LogP contribution in [0.1, 0.15) is 40.9 Å². The van der Waals surface area contributed by atoms with Crippen LogP contribution in [-0.4, -0.2) is 58.5 Å². The Balaban J connectivity index is 1.31. The first-order valence-corrected chi connectivity index (χ1v) is 11.8. The van der Waals surface area contributed by atoms with Crippen LogP contribution in [0, 0.1) is 0 Å². The summed E-state index contributed by atoms with van der Waals surface area (Å²) in [6, 6.07) is 17.7. The molecule has 1 amide bonds. The Morgan fingerprint density at radius 3 is 2.71 bits per heavy atom. The number of hydrogen-bond donors (Lipinski definition) is 2. The normalized spacial score (nSPS) is 17.0. The number of aliphatic hydroxyl groups is 2. The van der Waals surface area contributed by atoms with Crippen LogP contribution >= 0.6 is 0 Å². The maximum absolute atomic E-state index is 13.3. The van der Waals surface area contributed by atoms with E-state index >= 15 is 0 Å². The van der Waals surface area contributed by atoms with Gasteiger partial charge in [0.1, 0.15) is 11.5 Å². The van der Waals surface area contributed by atoms with Crippen LogP contribution in [0.2, 0.25) is 0 Å². The topological polar surface area (TPSA) is 84.2 Å². The van der Waals surface area contributed by atoms with Gasteiger partial charge in [0.15, 0.2) is 5.60 Å². The minimum atomic E-state index is -0.762. The Bertz CT molecular complexity index is 1180. The number of para-hydroxylation sites is 2. The number of rotatable bonds is 6. The smallest absolute Gasteiger partial charge is 0.253 e. The van der Waals surface area contributed by atoms with Gasteiger partial charge < -0.3 is 29.2 Å². The summed E-state index contributed by atoms with van der Waals surface area (Å²) in [6.45, 7) is 0.924. The number of amides is 1. The zero-order valence-electron chi connectivity index (χ0n) is 19.3. The van der Waals surface area contributed by atoms with Gasteiger partial charge in [0.05, 0.1) is 31.2 Å². The molecule has 2 N–H and O–H groups in total. The van der Waals surface area contributed by atoms with Gasteiger partial charge >= 0.3 is 0 Å². The van der Waals surface area contributed by atoms with E-state index in [2.05, 4.69) is 22.9 Å². The van der Waals surface area contributed by atoms with E-state index in [0.29, 0.717) is 50.1 Å². The number of piperidine rings is 1. The molecule has 2 aromatic carbocycles. The van der Waals surface area contributed by atoms with Crippen molar-refractivity contribution in [1.29, 1.82) is 0 Å². The van der Waals surface area contributed by atoms with Crippen molar-refractivity contribution in [2.24, 2.45) is 0 Å². The second-order valence-electron chi connectivity index (χ2n) is 9.02. The Morgan fingerprint density at radius 2 is 1.94 bits per heavy atom. The maximum Gasteiger partial charge on any atom is 0.253 e. The fraction of sp³-hybridized carbons (Fsp3) is 0.370. The highest BCUT2D eigenvalue weighted by Crippen LogP contribution is 2.45. The van der Waals surface area contributed by atoms with Gasteiger partial charge in [0, 0.05) is 37.7 Å². The number of methoxy groups -OCH3 is 1. The minimum Gasteiger partial charge on any atom is -0.496 e. The average Bonchev–Trinajstić information content (AvgIpc) is 3.39.